The van der Waals surface area contributed by atoms with Crippen LogP contribution in [0.1, 0.15) is 37.4 Å². The Balaban J connectivity index is 1.66. The van der Waals surface area contributed by atoms with Crippen molar-refractivity contribution in [2.75, 3.05) is 19.7 Å². The van der Waals surface area contributed by atoms with Crippen LogP contribution in [0.15, 0.2) is 29.6 Å². The zero-order valence-corrected chi connectivity index (χ0v) is 14.1. The molecule has 0 spiro atoms. The highest BCUT2D eigenvalue weighted by Gasteiger charge is 2.22. The van der Waals surface area contributed by atoms with Crippen LogP contribution in [-0.4, -0.2) is 34.7 Å². The van der Waals surface area contributed by atoms with Gasteiger partial charge in [0.2, 0.25) is 0 Å². The van der Waals surface area contributed by atoms with Crippen LogP contribution < -0.4 is 0 Å². The number of aliphatic hydroxyl groups is 1. The minimum absolute atomic E-state index is 0.307. The summed E-state index contributed by atoms with van der Waals surface area (Å²) in [6, 6.07) is 8.76. The van der Waals surface area contributed by atoms with E-state index in [1.165, 1.54) is 11.1 Å². The van der Waals surface area contributed by atoms with Gasteiger partial charge in [-0.2, -0.15) is 0 Å². The fourth-order valence-corrected chi connectivity index (χ4v) is 3.77. The summed E-state index contributed by atoms with van der Waals surface area (Å²) >= 11 is 1.72. The van der Waals surface area contributed by atoms with Crippen molar-refractivity contribution >= 4 is 11.3 Å². The van der Waals surface area contributed by atoms with Gasteiger partial charge >= 0.3 is 0 Å². The van der Waals surface area contributed by atoms with E-state index in [-0.39, 0.29) is 0 Å². The van der Waals surface area contributed by atoms with Crippen LogP contribution in [0.3, 0.4) is 0 Å². The summed E-state index contributed by atoms with van der Waals surface area (Å²) in [6.45, 7) is 7.70. The van der Waals surface area contributed by atoms with Gasteiger partial charge in [0.15, 0.2) is 0 Å². The fourth-order valence-electron chi connectivity index (χ4n) is 2.96. The SMILES string of the molecule is CC(C)c1ccc(-c2nc(CN3CCC(CO)C3)cs2)cc1. The molecule has 4 heteroatoms. The van der Waals surface area contributed by atoms with Crippen LogP contribution in [0.25, 0.3) is 10.6 Å². The maximum Gasteiger partial charge on any atom is 0.123 e. The van der Waals surface area contributed by atoms with Gasteiger partial charge in [0.25, 0.3) is 0 Å². The van der Waals surface area contributed by atoms with E-state index in [9.17, 15) is 5.11 Å². The number of likely N-dealkylation sites (tertiary alicyclic amines) is 1. The van der Waals surface area contributed by atoms with Crippen LogP contribution in [0.4, 0.5) is 0 Å². The van der Waals surface area contributed by atoms with Crippen molar-refractivity contribution in [3.63, 3.8) is 0 Å². The predicted molar refractivity (Wildman–Crippen MR) is 92.1 cm³/mol. The second-order valence-electron chi connectivity index (χ2n) is 6.49. The molecule has 0 aliphatic carbocycles. The summed E-state index contributed by atoms with van der Waals surface area (Å²) in [5.74, 6) is 1.01. The Hall–Kier alpha value is -1.23. The quantitative estimate of drug-likeness (QED) is 0.912. The second-order valence-corrected chi connectivity index (χ2v) is 7.35. The monoisotopic (exact) mass is 316 g/mol. The zero-order valence-electron chi connectivity index (χ0n) is 13.3. The molecule has 1 fully saturated rings. The summed E-state index contributed by atoms with van der Waals surface area (Å²) in [7, 11) is 0. The third-order valence-corrected chi connectivity index (χ3v) is 5.33. The smallest absolute Gasteiger partial charge is 0.123 e. The van der Waals surface area contributed by atoms with Crippen molar-refractivity contribution in [3.05, 3.63) is 40.9 Å². The molecule has 1 aromatic heterocycles. The Morgan fingerprint density at radius 3 is 2.73 bits per heavy atom. The number of benzene rings is 1. The Morgan fingerprint density at radius 2 is 2.09 bits per heavy atom. The number of nitrogens with zero attached hydrogens (tertiary/aromatic N) is 2. The molecule has 0 radical (unpaired) electrons. The summed E-state index contributed by atoms with van der Waals surface area (Å²) in [5.41, 5.74) is 3.72. The van der Waals surface area contributed by atoms with E-state index in [0.717, 1.165) is 36.8 Å². The second kappa shape index (κ2) is 6.90. The van der Waals surface area contributed by atoms with Gasteiger partial charge in [-0.25, -0.2) is 4.98 Å². The van der Waals surface area contributed by atoms with E-state index in [2.05, 4.69) is 48.4 Å². The summed E-state index contributed by atoms with van der Waals surface area (Å²) in [4.78, 5) is 7.17. The van der Waals surface area contributed by atoms with E-state index in [0.29, 0.717) is 18.4 Å². The van der Waals surface area contributed by atoms with Crippen LogP contribution in [0, 0.1) is 5.92 Å². The van der Waals surface area contributed by atoms with Gasteiger partial charge in [0.1, 0.15) is 5.01 Å². The van der Waals surface area contributed by atoms with Crippen LogP contribution in [0.2, 0.25) is 0 Å². The Bertz CT molecular complexity index is 606. The highest BCUT2D eigenvalue weighted by atomic mass is 32.1. The van der Waals surface area contributed by atoms with Crippen molar-refractivity contribution in [2.45, 2.75) is 32.7 Å². The van der Waals surface area contributed by atoms with Gasteiger partial charge < -0.3 is 5.11 Å². The molecule has 118 valence electrons. The molecule has 22 heavy (non-hydrogen) atoms. The highest BCUT2D eigenvalue weighted by Crippen LogP contribution is 2.27. The lowest BCUT2D eigenvalue weighted by atomic mass is 10.0. The molecule has 0 saturated carbocycles. The molecule has 0 bridgehead atoms. The van der Waals surface area contributed by atoms with Crippen molar-refractivity contribution < 1.29 is 5.11 Å². The lowest BCUT2D eigenvalue weighted by Crippen LogP contribution is -2.21. The number of aliphatic hydroxyl groups excluding tert-OH is 1. The van der Waals surface area contributed by atoms with E-state index in [4.69, 9.17) is 4.98 Å². The molecule has 0 amide bonds. The van der Waals surface area contributed by atoms with E-state index in [1.807, 2.05) is 0 Å². The van der Waals surface area contributed by atoms with Gasteiger partial charge in [-0.15, -0.1) is 11.3 Å². The minimum Gasteiger partial charge on any atom is -0.396 e. The highest BCUT2D eigenvalue weighted by molar-refractivity contribution is 7.13. The standard InChI is InChI=1S/C18H24N2OS/c1-13(2)15-3-5-16(6-4-15)18-19-17(12-22-18)10-20-8-7-14(9-20)11-21/h3-6,12-14,21H,7-11H2,1-2H3. The van der Waals surface area contributed by atoms with E-state index >= 15 is 0 Å². The first-order chi connectivity index (χ1) is 10.7. The third-order valence-electron chi connectivity index (χ3n) is 4.39. The summed E-state index contributed by atoms with van der Waals surface area (Å²) in [6.07, 6.45) is 1.10. The van der Waals surface area contributed by atoms with Crippen molar-refractivity contribution in [2.24, 2.45) is 5.92 Å². The predicted octanol–water partition coefficient (Wildman–Crippen LogP) is 3.75. The van der Waals surface area contributed by atoms with Gasteiger partial charge in [-0.1, -0.05) is 38.1 Å². The van der Waals surface area contributed by atoms with Crippen LogP contribution in [0.5, 0.6) is 0 Å². The van der Waals surface area contributed by atoms with E-state index < -0.39 is 0 Å². The number of hydrogen-bond acceptors (Lipinski definition) is 4. The largest absolute Gasteiger partial charge is 0.396 e. The van der Waals surface area contributed by atoms with Crippen molar-refractivity contribution in [1.29, 1.82) is 0 Å². The lowest BCUT2D eigenvalue weighted by Gasteiger charge is -2.13. The summed E-state index contributed by atoms with van der Waals surface area (Å²) < 4.78 is 0. The van der Waals surface area contributed by atoms with Crippen LogP contribution >= 0.6 is 11.3 Å². The molecule has 2 aromatic rings. The topological polar surface area (TPSA) is 36.4 Å². The van der Waals surface area contributed by atoms with Crippen LogP contribution in [-0.2, 0) is 6.54 Å². The summed E-state index contributed by atoms with van der Waals surface area (Å²) in [5, 5.41) is 12.5. The average molecular weight is 316 g/mol. The van der Waals surface area contributed by atoms with Gasteiger partial charge in [0, 0.05) is 30.6 Å². The molecule has 1 aliphatic heterocycles. The lowest BCUT2D eigenvalue weighted by molar-refractivity contribution is 0.219. The molecule has 1 N–H and O–H groups in total. The normalized spacial score (nSPS) is 19.2. The first kappa shape index (κ1) is 15.7. The van der Waals surface area contributed by atoms with Gasteiger partial charge in [0.05, 0.1) is 5.69 Å². The Morgan fingerprint density at radius 1 is 1.32 bits per heavy atom. The first-order valence-electron chi connectivity index (χ1n) is 8.03. The number of thiazole rings is 1. The third kappa shape index (κ3) is 3.57. The number of hydrogen-bond donors (Lipinski definition) is 1. The molecule has 1 saturated heterocycles. The molecule has 3 nitrogen and oxygen atoms in total. The van der Waals surface area contributed by atoms with Gasteiger partial charge in [-0.3, -0.25) is 4.90 Å². The molecular weight excluding hydrogens is 292 g/mol. The molecule has 1 aromatic carbocycles. The minimum atomic E-state index is 0.307. The maximum atomic E-state index is 9.22. The van der Waals surface area contributed by atoms with Crippen molar-refractivity contribution in [3.8, 4) is 10.6 Å². The Kier molecular flexibility index (Phi) is 4.91. The van der Waals surface area contributed by atoms with Crippen molar-refractivity contribution in [1.82, 2.24) is 9.88 Å². The maximum absolute atomic E-state index is 9.22. The average Bonchev–Trinajstić information content (AvgIpc) is 3.17. The number of aromatic nitrogens is 1. The zero-order chi connectivity index (χ0) is 15.5. The Labute approximate surface area is 136 Å². The molecule has 3 rings (SSSR count). The molecule has 1 aliphatic rings. The number of rotatable bonds is 5. The molecule has 2 heterocycles. The van der Waals surface area contributed by atoms with E-state index in [1.54, 1.807) is 11.3 Å². The molecular formula is C18H24N2OS. The van der Waals surface area contributed by atoms with Gasteiger partial charge in [-0.05, 0) is 30.4 Å². The fraction of sp³-hybridized carbons (Fsp3) is 0.500. The molecule has 1 atom stereocenters. The molecule has 1 unspecified atom stereocenters. The first-order valence-corrected chi connectivity index (χ1v) is 8.91.